The molecule has 0 bridgehead atoms. The van der Waals surface area contributed by atoms with Gasteiger partial charge in [-0.1, -0.05) is 32.9 Å². The quantitative estimate of drug-likeness (QED) is 0.813. The first-order valence-corrected chi connectivity index (χ1v) is 7.78. The summed E-state index contributed by atoms with van der Waals surface area (Å²) in [5.74, 6) is 0. The van der Waals surface area contributed by atoms with Crippen molar-refractivity contribution in [3.05, 3.63) is 29.8 Å². The van der Waals surface area contributed by atoms with E-state index in [1.165, 1.54) is 10.5 Å². The summed E-state index contributed by atoms with van der Waals surface area (Å²) in [7, 11) is 0. The molecule has 1 rings (SSSR count). The Bertz CT molecular complexity index is 396. The Balaban J connectivity index is 2.24. The molecule has 0 radical (unpaired) electrons. The van der Waals surface area contributed by atoms with E-state index in [0.717, 1.165) is 6.42 Å². The highest BCUT2D eigenvalue weighted by Crippen LogP contribution is 2.14. The molecular weight excluding hydrogens is 256 g/mol. The first kappa shape index (κ1) is 15.9. The number of hydrogen-bond donors (Lipinski definition) is 2. The Kier molecular flexibility index (Phi) is 6.22. The maximum absolute atomic E-state index is 11.6. The summed E-state index contributed by atoms with van der Waals surface area (Å²) < 4.78 is 0. The summed E-state index contributed by atoms with van der Waals surface area (Å²) in [6.45, 7) is 7.64. The van der Waals surface area contributed by atoms with Gasteiger partial charge in [0.15, 0.2) is 0 Å². The molecule has 1 aromatic rings. The molecular formula is C15H24N2OS. The van der Waals surface area contributed by atoms with E-state index >= 15 is 0 Å². The predicted octanol–water partition coefficient (Wildman–Crippen LogP) is 3.30. The molecule has 4 heteroatoms. The van der Waals surface area contributed by atoms with Gasteiger partial charge in [0.1, 0.15) is 0 Å². The van der Waals surface area contributed by atoms with Crippen LogP contribution in [0.15, 0.2) is 29.2 Å². The summed E-state index contributed by atoms with van der Waals surface area (Å²) in [5.41, 5.74) is 1.36. The van der Waals surface area contributed by atoms with Crippen LogP contribution in [-0.2, 0) is 6.42 Å². The van der Waals surface area contributed by atoms with E-state index in [0.29, 0.717) is 13.1 Å². The molecule has 0 unspecified atom stereocenters. The fourth-order valence-electron chi connectivity index (χ4n) is 1.52. The van der Waals surface area contributed by atoms with Gasteiger partial charge in [-0.15, -0.1) is 11.8 Å². The van der Waals surface area contributed by atoms with Crippen LogP contribution >= 0.6 is 11.8 Å². The Labute approximate surface area is 120 Å². The van der Waals surface area contributed by atoms with Crippen LogP contribution < -0.4 is 10.6 Å². The molecule has 2 N–H and O–H groups in total. The van der Waals surface area contributed by atoms with Gasteiger partial charge in [0, 0.05) is 18.0 Å². The Morgan fingerprint density at radius 2 is 1.79 bits per heavy atom. The number of nitrogens with one attached hydrogen (secondary N) is 2. The number of carbonyl (C=O) groups excluding carboxylic acids is 1. The van der Waals surface area contributed by atoms with Crippen LogP contribution in [0.1, 0.15) is 26.3 Å². The van der Waals surface area contributed by atoms with Crippen molar-refractivity contribution in [3.63, 3.8) is 0 Å². The van der Waals surface area contributed by atoms with Crippen LogP contribution in [0, 0.1) is 5.41 Å². The summed E-state index contributed by atoms with van der Waals surface area (Å²) in [5, 5.41) is 5.75. The van der Waals surface area contributed by atoms with Crippen molar-refractivity contribution < 1.29 is 4.79 Å². The average Bonchev–Trinajstić information content (AvgIpc) is 2.36. The van der Waals surface area contributed by atoms with E-state index < -0.39 is 0 Å². The zero-order valence-electron chi connectivity index (χ0n) is 12.2. The minimum absolute atomic E-state index is 0.0874. The number of rotatable bonds is 5. The lowest BCUT2D eigenvalue weighted by molar-refractivity contribution is 0.235. The number of thioether (sulfide) groups is 1. The van der Waals surface area contributed by atoms with E-state index in [-0.39, 0.29) is 11.4 Å². The number of amides is 2. The van der Waals surface area contributed by atoms with E-state index in [1.807, 2.05) is 0 Å². The van der Waals surface area contributed by atoms with Gasteiger partial charge in [0.25, 0.3) is 0 Å². The molecule has 0 aliphatic heterocycles. The third kappa shape index (κ3) is 7.11. The van der Waals surface area contributed by atoms with Crippen LogP contribution in [0.25, 0.3) is 0 Å². The Hall–Kier alpha value is -1.16. The predicted molar refractivity (Wildman–Crippen MR) is 82.8 cm³/mol. The van der Waals surface area contributed by atoms with Crippen LogP contribution in [0.5, 0.6) is 0 Å². The molecule has 0 aliphatic carbocycles. The maximum atomic E-state index is 11.6. The van der Waals surface area contributed by atoms with Crippen LogP contribution in [-0.4, -0.2) is 25.4 Å². The van der Waals surface area contributed by atoms with Gasteiger partial charge in [-0.25, -0.2) is 4.79 Å². The molecule has 0 spiro atoms. The monoisotopic (exact) mass is 280 g/mol. The lowest BCUT2D eigenvalue weighted by Crippen LogP contribution is -2.40. The first-order valence-electron chi connectivity index (χ1n) is 6.55. The molecule has 0 aliphatic rings. The molecule has 0 heterocycles. The highest BCUT2D eigenvalue weighted by Gasteiger charge is 2.11. The second kappa shape index (κ2) is 7.43. The second-order valence-corrected chi connectivity index (χ2v) is 6.65. The third-order valence-electron chi connectivity index (χ3n) is 2.64. The van der Waals surface area contributed by atoms with Gasteiger partial charge in [-0.05, 0) is 35.8 Å². The molecule has 0 atom stereocenters. The molecule has 106 valence electrons. The summed E-state index contributed by atoms with van der Waals surface area (Å²) in [4.78, 5) is 12.8. The summed E-state index contributed by atoms with van der Waals surface area (Å²) in [6, 6.07) is 8.36. The number of carbonyl (C=O) groups is 1. The van der Waals surface area contributed by atoms with Crippen LogP contribution in [0.4, 0.5) is 4.79 Å². The lowest BCUT2D eigenvalue weighted by atomic mass is 9.97. The van der Waals surface area contributed by atoms with E-state index in [2.05, 4.69) is 61.9 Å². The van der Waals surface area contributed by atoms with Crippen molar-refractivity contribution in [1.82, 2.24) is 10.6 Å². The van der Waals surface area contributed by atoms with Crippen molar-refractivity contribution in [2.45, 2.75) is 32.1 Å². The van der Waals surface area contributed by atoms with E-state index in [1.54, 1.807) is 11.8 Å². The first-order chi connectivity index (χ1) is 8.90. The van der Waals surface area contributed by atoms with Crippen molar-refractivity contribution >= 4 is 17.8 Å². The zero-order valence-corrected chi connectivity index (χ0v) is 13.1. The highest BCUT2D eigenvalue weighted by molar-refractivity contribution is 7.98. The van der Waals surface area contributed by atoms with Gasteiger partial charge >= 0.3 is 6.03 Å². The van der Waals surface area contributed by atoms with E-state index in [9.17, 15) is 4.79 Å². The Morgan fingerprint density at radius 1 is 1.16 bits per heavy atom. The molecule has 3 nitrogen and oxygen atoms in total. The topological polar surface area (TPSA) is 41.1 Å². The number of urea groups is 1. The fourth-order valence-corrected chi connectivity index (χ4v) is 1.93. The molecule has 0 fully saturated rings. The SMILES string of the molecule is CSc1ccc(CCNC(=O)NCC(C)(C)C)cc1. The van der Waals surface area contributed by atoms with Gasteiger partial charge < -0.3 is 10.6 Å². The lowest BCUT2D eigenvalue weighted by Gasteiger charge is -2.18. The molecule has 0 saturated heterocycles. The zero-order chi connectivity index (χ0) is 14.3. The minimum Gasteiger partial charge on any atom is -0.338 e. The number of hydrogen-bond acceptors (Lipinski definition) is 2. The normalized spacial score (nSPS) is 11.2. The highest BCUT2D eigenvalue weighted by atomic mass is 32.2. The van der Waals surface area contributed by atoms with Crippen LogP contribution in [0.3, 0.4) is 0 Å². The molecule has 1 aromatic carbocycles. The summed E-state index contributed by atoms with van der Waals surface area (Å²) in [6.07, 6.45) is 2.92. The molecule has 2 amide bonds. The van der Waals surface area contributed by atoms with Crippen molar-refractivity contribution in [3.8, 4) is 0 Å². The average molecular weight is 280 g/mol. The maximum Gasteiger partial charge on any atom is 0.314 e. The van der Waals surface area contributed by atoms with Crippen molar-refractivity contribution in [1.29, 1.82) is 0 Å². The fraction of sp³-hybridized carbons (Fsp3) is 0.533. The summed E-state index contributed by atoms with van der Waals surface area (Å²) >= 11 is 1.74. The van der Waals surface area contributed by atoms with Crippen molar-refractivity contribution in [2.24, 2.45) is 5.41 Å². The second-order valence-electron chi connectivity index (χ2n) is 5.77. The van der Waals surface area contributed by atoms with Gasteiger partial charge in [-0.2, -0.15) is 0 Å². The van der Waals surface area contributed by atoms with Gasteiger partial charge in [0.05, 0.1) is 0 Å². The standard InChI is InChI=1S/C15H24N2OS/c1-15(2,3)11-17-14(18)16-10-9-12-5-7-13(19-4)8-6-12/h5-8H,9-11H2,1-4H3,(H2,16,17,18). The Morgan fingerprint density at radius 3 is 2.32 bits per heavy atom. The van der Waals surface area contributed by atoms with Crippen molar-refractivity contribution in [2.75, 3.05) is 19.3 Å². The third-order valence-corrected chi connectivity index (χ3v) is 3.38. The molecule has 0 saturated carbocycles. The molecule has 0 aromatic heterocycles. The molecule has 19 heavy (non-hydrogen) atoms. The van der Waals surface area contributed by atoms with E-state index in [4.69, 9.17) is 0 Å². The van der Waals surface area contributed by atoms with Gasteiger partial charge in [0.2, 0.25) is 0 Å². The van der Waals surface area contributed by atoms with Crippen LogP contribution in [0.2, 0.25) is 0 Å². The van der Waals surface area contributed by atoms with Gasteiger partial charge in [-0.3, -0.25) is 0 Å². The number of benzene rings is 1. The minimum atomic E-state index is -0.0874. The largest absolute Gasteiger partial charge is 0.338 e. The smallest absolute Gasteiger partial charge is 0.314 e.